The highest BCUT2D eigenvalue weighted by atomic mass is 19.1. The summed E-state index contributed by atoms with van der Waals surface area (Å²) >= 11 is 0. The summed E-state index contributed by atoms with van der Waals surface area (Å²) in [5.74, 6) is -0.387. The Hall–Kier alpha value is -2.82. The maximum absolute atomic E-state index is 13.0. The lowest BCUT2D eigenvalue weighted by Crippen LogP contribution is -2.16. The molecule has 3 aromatic rings. The number of fused-ring (bicyclic) bond motifs is 1. The number of nitrogens with two attached hydrogens (primary N) is 1. The van der Waals surface area contributed by atoms with E-state index < -0.39 is 0 Å². The summed E-state index contributed by atoms with van der Waals surface area (Å²) < 4.78 is 13.0. The normalized spacial score (nSPS) is 10.8. The number of aromatic nitrogens is 1. The third-order valence-corrected chi connectivity index (χ3v) is 3.56. The molecule has 22 heavy (non-hydrogen) atoms. The highest BCUT2D eigenvalue weighted by Gasteiger charge is 2.05. The van der Waals surface area contributed by atoms with Crippen LogP contribution < -0.4 is 16.6 Å². The fourth-order valence-electron chi connectivity index (χ4n) is 2.38. The van der Waals surface area contributed by atoms with Crippen LogP contribution in [-0.2, 0) is 6.54 Å². The van der Waals surface area contributed by atoms with E-state index in [1.54, 1.807) is 6.07 Å². The quantitative estimate of drug-likeness (QED) is 0.650. The first-order valence-corrected chi connectivity index (χ1v) is 6.94. The van der Waals surface area contributed by atoms with Crippen LogP contribution in [0, 0.1) is 12.7 Å². The van der Waals surface area contributed by atoms with Crippen molar-refractivity contribution in [1.82, 2.24) is 4.98 Å². The summed E-state index contributed by atoms with van der Waals surface area (Å²) in [7, 11) is 0. The predicted molar refractivity (Wildman–Crippen MR) is 87.4 cm³/mol. The van der Waals surface area contributed by atoms with E-state index in [0.717, 1.165) is 16.5 Å². The lowest BCUT2D eigenvalue weighted by atomic mass is 10.1. The number of hydrogen-bond acceptors (Lipinski definition) is 3. The Morgan fingerprint density at radius 1 is 1.18 bits per heavy atom. The van der Waals surface area contributed by atoms with Crippen LogP contribution in [0.5, 0.6) is 0 Å². The van der Waals surface area contributed by atoms with E-state index in [2.05, 4.69) is 10.3 Å². The van der Waals surface area contributed by atoms with Gasteiger partial charge in [-0.2, -0.15) is 0 Å². The Morgan fingerprint density at radius 2 is 2.00 bits per heavy atom. The molecule has 5 heteroatoms. The van der Waals surface area contributed by atoms with Gasteiger partial charge >= 0.3 is 0 Å². The Morgan fingerprint density at radius 3 is 2.77 bits per heavy atom. The molecule has 1 heterocycles. The Bertz CT molecular complexity index is 902. The lowest BCUT2D eigenvalue weighted by molar-refractivity contribution is 0.628. The number of anilines is 2. The van der Waals surface area contributed by atoms with Crippen LogP contribution in [0.1, 0.15) is 11.1 Å². The standard InChI is InChI=1S/C17H16FN3O/c1-10-2-3-11-7-12(17(22)21-16(11)6-10)9-20-15-5-4-13(18)8-14(15)19/h2-8,20H,9,19H2,1H3,(H,21,22). The molecule has 0 saturated heterocycles. The topological polar surface area (TPSA) is 70.9 Å². The van der Waals surface area contributed by atoms with Gasteiger partial charge in [-0.15, -0.1) is 0 Å². The summed E-state index contributed by atoms with van der Waals surface area (Å²) in [4.78, 5) is 15.0. The number of halogens is 1. The van der Waals surface area contributed by atoms with Gasteiger partial charge in [0.25, 0.3) is 5.56 Å². The van der Waals surface area contributed by atoms with E-state index in [1.807, 2.05) is 31.2 Å². The summed E-state index contributed by atoms with van der Waals surface area (Å²) in [5.41, 5.74) is 9.01. The molecule has 112 valence electrons. The van der Waals surface area contributed by atoms with Crippen LogP contribution in [-0.4, -0.2) is 4.98 Å². The Labute approximate surface area is 126 Å². The van der Waals surface area contributed by atoms with E-state index in [1.165, 1.54) is 12.1 Å². The molecule has 0 fully saturated rings. The molecule has 0 aliphatic heterocycles. The molecule has 1 aromatic heterocycles. The van der Waals surface area contributed by atoms with Crippen molar-refractivity contribution in [2.45, 2.75) is 13.5 Å². The van der Waals surface area contributed by atoms with Gasteiger partial charge < -0.3 is 16.0 Å². The minimum Gasteiger partial charge on any atom is -0.397 e. The van der Waals surface area contributed by atoms with Gasteiger partial charge in [-0.3, -0.25) is 4.79 Å². The van der Waals surface area contributed by atoms with Gasteiger partial charge in [-0.1, -0.05) is 12.1 Å². The first-order chi connectivity index (χ1) is 10.5. The average Bonchev–Trinajstić information content (AvgIpc) is 2.46. The molecule has 0 atom stereocenters. The van der Waals surface area contributed by atoms with Crippen molar-refractivity contribution in [2.24, 2.45) is 0 Å². The van der Waals surface area contributed by atoms with Crippen LogP contribution >= 0.6 is 0 Å². The van der Waals surface area contributed by atoms with Crippen molar-refractivity contribution in [1.29, 1.82) is 0 Å². The first-order valence-electron chi connectivity index (χ1n) is 6.94. The van der Waals surface area contributed by atoms with Crippen molar-refractivity contribution >= 4 is 22.3 Å². The van der Waals surface area contributed by atoms with Crippen LogP contribution in [0.15, 0.2) is 47.3 Å². The maximum Gasteiger partial charge on any atom is 0.253 e. The fourth-order valence-corrected chi connectivity index (χ4v) is 2.38. The fraction of sp³-hybridized carbons (Fsp3) is 0.118. The van der Waals surface area contributed by atoms with Gasteiger partial charge in [0.1, 0.15) is 5.82 Å². The van der Waals surface area contributed by atoms with Gasteiger partial charge in [0.15, 0.2) is 0 Å². The van der Waals surface area contributed by atoms with Gasteiger partial charge in [-0.05, 0) is 48.2 Å². The van der Waals surface area contributed by atoms with Crippen LogP contribution in [0.4, 0.5) is 15.8 Å². The molecule has 0 saturated carbocycles. The zero-order valence-electron chi connectivity index (χ0n) is 12.1. The molecule has 0 bridgehead atoms. The Kier molecular flexibility index (Phi) is 3.55. The highest BCUT2D eigenvalue weighted by molar-refractivity contribution is 5.79. The molecular formula is C17H16FN3O. The number of H-pyrrole nitrogens is 1. The number of rotatable bonds is 3. The van der Waals surface area contributed by atoms with Gasteiger partial charge in [0, 0.05) is 17.6 Å². The monoisotopic (exact) mass is 297 g/mol. The zero-order chi connectivity index (χ0) is 15.7. The molecule has 2 aromatic carbocycles. The summed E-state index contributed by atoms with van der Waals surface area (Å²) in [6.45, 7) is 2.29. The van der Waals surface area contributed by atoms with Crippen LogP contribution in [0.3, 0.4) is 0 Å². The van der Waals surface area contributed by atoms with Crippen molar-refractivity contribution in [3.63, 3.8) is 0 Å². The minimum absolute atomic E-state index is 0.147. The zero-order valence-corrected chi connectivity index (χ0v) is 12.1. The Balaban J connectivity index is 1.89. The number of aryl methyl sites for hydroxylation is 1. The first kappa shape index (κ1) is 14.1. The molecule has 0 spiro atoms. The number of aromatic amines is 1. The van der Waals surface area contributed by atoms with Crippen LogP contribution in [0.2, 0.25) is 0 Å². The van der Waals surface area contributed by atoms with Crippen LogP contribution in [0.25, 0.3) is 10.9 Å². The SMILES string of the molecule is Cc1ccc2cc(CNc3ccc(F)cc3N)c(=O)[nH]c2c1. The highest BCUT2D eigenvalue weighted by Crippen LogP contribution is 2.20. The number of benzene rings is 2. The number of hydrogen-bond donors (Lipinski definition) is 3. The summed E-state index contributed by atoms with van der Waals surface area (Å²) in [6, 6.07) is 11.9. The molecule has 0 unspecified atom stereocenters. The van der Waals surface area contributed by atoms with E-state index in [-0.39, 0.29) is 11.4 Å². The van der Waals surface area contributed by atoms with E-state index in [4.69, 9.17) is 5.73 Å². The molecule has 4 nitrogen and oxygen atoms in total. The van der Waals surface area contributed by atoms with E-state index >= 15 is 0 Å². The predicted octanol–water partition coefficient (Wildman–Crippen LogP) is 3.17. The van der Waals surface area contributed by atoms with Crippen molar-refractivity contribution in [3.8, 4) is 0 Å². The maximum atomic E-state index is 13.0. The van der Waals surface area contributed by atoms with E-state index in [0.29, 0.717) is 23.5 Å². The summed E-state index contributed by atoms with van der Waals surface area (Å²) in [6.07, 6.45) is 0. The molecular weight excluding hydrogens is 281 g/mol. The molecule has 0 aliphatic carbocycles. The molecule has 4 N–H and O–H groups in total. The second-order valence-corrected chi connectivity index (χ2v) is 5.30. The van der Waals surface area contributed by atoms with Gasteiger partial charge in [-0.25, -0.2) is 4.39 Å². The number of nitrogen functional groups attached to an aromatic ring is 1. The number of nitrogens with one attached hydrogen (secondary N) is 2. The van der Waals surface area contributed by atoms with Crippen molar-refractivity contribution in [2.75, 3.05) is 11.1 Å². The second kappa shape index (κ2) is 5.52. The minimum atomic E-state index is -0.387. The van der Waals surface area contributed by atoms with Crippen molar-refractivity contribution in [3.05, 3.63) is 69.8 Å². The second-order valence-electron chi connectivity index (χ2n) is 5.30. The third kappa shape index (κ3) is 2.79. The average molecular weight is 297 g/mol. The molecule has 0 aliphatic rings. The number of pyridine rings is 1. The molecule has 0 radical (unpaired) electrons. The lowest BCUT2D eigenvalue weighted by Gasteiger charge is -2.10. The largest absolute Gasteiger partial charge is 0.397 e. The van der Waals surface area contributed by atoms with Gasteiger partial charge in [0.05, 0.1) is 11.4 Å². The summed E-state index contributed by atoms with van der Waals surface area (Å²) in [5, 5.41) is 4.03. The smallest absolute Gasteiger partial charge is 0.253 e. The van der Waals surface area contributed by atoms with Gasteiger partial charge in [0.2, 0.25) is 0 Å². The van der Waals surface area contributed by atoms with Crippen molar-refractivity contribution < 1.29 is 4.39 Å². The molecule has 3 rings (SSSR count). The third-order valence-electron chi connectivity index (χ3n) is 3.56. The molecule has 0 amide bonds. The van der Waals surface area contributed by atoms with E-state index in [9.17, 15) is 9.18 Å².